The molecule has 0 aromatic rings. The van der Waals surface area contributed by atoms with Gasteiger partial charge in [0.15, 0.2) is 5.78 Å². The Hall–Kier alpha value is -4.46. The molecule has 0 aliphatic carbocycles. The van der Waals surface area contributed by atoms with Gasteiger partial charge in [0.05, 0.1) is 32.2 Å². The highest BCUT2D eigenvalue weighted by molar-refractivity contribution is 5.86. The van der Waals surface area contributed by atoms with Crippen LogP contribution in [0, 0.1) is 30.6 Å². The number of unbranched alkanes of at least 4 members (excludes halogenated alkanes) is 2. The molecule has 0 saturated carbocycles. The van der Waals surface area contributed by atoms with Gasteiger partial charge in [0, 0.05) is 25.9 Å². The minimum absolute atomic E-state index is 0.0638. The number of rotatable bonds is 19. The molecule has 0 rings (SSSR count). The predicted molar refractivity (Wildman–Crippen MR) is 139 cm³/mol. The summed E-state index contributed by atoms with van der Waals surface area (Å²) < 4.78 is 24.6. The molecule has 0 fully saturated rings. The molecule has 0 aromatic heterocycles. The Labute approximate surface area is 233 Å². The van der Waals surface area contributed by atoms with Crippen LogP contribution in [0.4, 0.5) is 14.4 Å². The van der Waals surface area contributed by atoms with E-state index in [0.29, 0.717) is 25.7 Å². The quantitative estimate of drug-likeness (QED) is 0.0877. The van der Waals surface area contributed by atoms with Crippen LogP contribution >= 0.6 is 0 Å². The standard InChI is InChI=1S/C26H37N3O11/c1-5-8-10-12-38-24(33)27-17-20(23(32)36-7-3)16-22(31)37-14-15-40-26(35)29-21(19(4)30)18-28-25(34)39-13-11-9-6-2/h1-2,20-21H,7-18H2,3-4H3,(H,27,33)(H,28,34)(H,29,35). The highest BCUT2D eigenvalue weighted by atomic mass is 16.6. The molecule has 222 valence electrons. The van der Waals surface area contributed by atoms with Crippen LogP contribution in [0.1, 0.15) is 46.0 Å². The van der Waals surface area contributed by atoms with Crippen molar-refractivity contribution in [2.75, 3.05) is 46.1 Å². The number of carbonyl (C=O) groups excluding carboxylic acids is 6. The fraction of sp³-hybridized carbons (Fsp3) is 0.615. The van der Waals surface area contributed by atoms with Crippen molar-refractivity contribution >= 4 is 36.0 Å². The second-order valence-corrected chi connectivity index (χ2v) is 7.97. The monoisotopic (exact) mass is 567 g/mol. The number of carbonyl (C=O) groups is 6. The van der Waals surface area contributed by atoms with E-state index >= 15 is 0 Å². The highest BCUT2D eigenvalue weighted by Crippen LogP contribution is 2.07. The first kappa shape index (κ1) is 35.5. The second kappa shape index (κ2) is 22.5. The Kier molecular flexibility index (Phi) is 20.0. The zero-order chi connectivity index (χ0) is 30.2. The molecule has 0 bridgehead atoms. The average molecular weight is 568 g/mol. The molecule has 3 amide bonds. The van der Waals surface area contributed by atoms with Crippen molar-refractivity contribution in [3.8, 4) is 24.7 Å². The molecule has 0 aromatic carbocycles. The normalized spacial score (nSPS) is 11.3. The molecule has 0 radical (unpaired) electrons. The smallest absolute Gasteiger partial charge is 0.407 e. The fourth-order valence-electron chi connectivity index (χ4n) is 2.70. The van der Waals surface area contributed by atoms with Crippen LogP contribution in [0.15, 0.2) is 0 Å². The highest BCUT2D eigenvalue weighted by Gasteiger charge is 2.25. The Morgan fingerprint density at radius 2 is 1.25 bits per heavy atom. The molecule has 14 heteroatoms. The summed E-state index contributed by atoms with van der Waals surface area (Å²) in [6.45, 7) is 1.87. The molecule has 40 heavy (non-hydrogen) atoms. The van der Waals surface area contributed by atoms with Gasteiger partial charge in [-0.3, -0.25) is 14.4 Å². The predicted octanol–water partition coefficient (Wildman–Crippen LogP) is 1.06. The van der Waals surface area contributed by atoms with Gasteiger partial charge in [-0.2, -0.15) is 0 Å². The van der Waals surface area contributed by atoms with E-state index in [1.54, 1.807) is 6.92 Å². The zero-order valence-corrected chi connectivity index (χ0v) is 22.8. The Morgan fingerprint density at radius 1 is 0.725 bits per heavy atom. The summed E-state index contributed by atoms with van der Waals surface area (Å²) in [5.41, 5.74) is 0. The van der Waals surface area contributed by atoms with Crippen LogP contribution in [0.2, 0.25) is 0 Å². The minimum Gasteiger partial charge on any atom is -0.466 e. The third kappa shape index (κ3) is 18.7. The third-order valence-electron chi connectivity index (χ3n) is 4.74. The molecular formula is C26H37N3O11. The van der Waals surface area contributed by atoms with Gasteiger partial charge >= 0.3 is 30.2 Å². The van der Waals surface area contributed by atoms with Gasteiger partial charge in [0.1, 0.15) is 19.3 Å². The number of Topliss-reactive ketones (excluding diaryl/α,β-unsaturated/α-hetero) is 1. The topological polar surface area (TPSA) is 185 Å². The molecule has 0 aliphatic heterocycles. The number of alkyl carbamates (subject to hydrolysis) is 3. The van der Waals surface area contributed by atoms with E-state index in [4.69, 9.17) is 36.5 Å². The van der Waals surface area contributed by atoms with Gasteiger partial charge < -0.3 is 39.6 Å². The lowest BCUT2D eigenvalue weighted by atomic mass is 10.1. The van der Waals surface area contributed by atoms with Crippen LogP contribution in [0.5, 0.6) is 0 Å². The molecular weight excluding hydrogens is 530 g/mol. The van der Waals surface area contributed by atoms with Crippen LogP contribution in [0.25, 0.3) is 0 Å². The van der Waals surface area contributed by atoms with Gasteiger partial charge in [-0.15, -0.1) is 24.7 Å². The Bertz CT molecular complexity index is 924. The van der Waals surface area contributed by atoms with E-state index in [9.17, 15) is 28.8 Å². The molecule has 14 nitrogen and oxygen atoms in total. The van der Waals surface area contributed by atoms with Crippen molar-refractivity contribution in [3.63, 3.8) is 0 Å². The Morgan fingerprint density at radius 3 is 1.77 bits per heavy atom. The van der Waals surface area contributed by atoms with E-state index in [1.807, 2.05) is 0 Å². The van der Waals surface area contributed by atoms with Gasteiger partial charge in [-0.05, 0) is 26.7 Å². The number of hydrogen-bond donors (Lipinski definition) is 3. The van der Waals surface area contributed by atoms with Crippen LogP contribution in [0.3, 0.4) is 0 Å². The molecule has 2 atom stereocenters. The SMILES string of the molecule is C#CCCCOC(=O)NCC(CC(=O)OCCOC(=O)NC(CNC(=O)OCCCC#C)C(C)=O)C(=O)OCC. The summed E-state index contributed by atoms with van der Waals surface area (Å²) in [4.78, 5) is 71.4. The largest absolute Gasteiger partial charge is 0.466 e. The lowest BCUT2D eigenvalue weighted by Gasteiger charge is -2.17. The fourth-order valence-corrected chi connectivity index (χ4v) is 2.70. The van der Waals surface area contributed by atoms with E-state index in [-0.39, 0.29) is 46.1 Å². The average Bonchev–Trinajstić information content (AvgIpc) is 2.91. The van der Waals surface area contributed by atoms with Gasteiger partial charge in [0.2, 0.25) is 0 Å². The number of ketones is 1. The zero-order valence-electron chi connectivity index (χ0n) is 22.8. The first-order valence-corrected chi connectivity index (χ1v) is 12.6. The maximum atomic E-state index is 12.2. The molecule has 0 heterocycles. The second-order valence-electron chi connectivity index (χ2n) is 7.97. The van der Waals surface area contributed by atoms with Gasteiger partial charge in [0.25, 0.3) is 0 Å². The number of hydrogen-bond acceptors (Lipinski definition) is 11. The van der Waals surface area contributed by atoms with Gasteiger partial charge in [-0.25, -0.2) is 14.4 Å². The van der Waals surface area contributed by atoms with Crippen LogP contribution < -0.4 is 16.0 Å². The maximum absolute atomic E-state index is 12.2. The summed E-state index contributed by atoms with van der Waals surface area (Å²) in [5, 5.41) is 7.00. The Balaban J connectivity index is 4.46. The van der Waals surface area contributed by atoms with Gasteiger partial charge in [-0.1, -0.05) is 0 Å². The first-order valence-electron chi connectivity index (χ1n) is 12.6. The third-order valence-corrected chi connectivity index (χ3v) is 4.74. The molecule has 3 N–H and O–H groups in total. The van der Waals surface area contributed by atoms with Crippen molar-refractivity contribution in [1.29, 1.82) is 0 Å². The summed E-state index contributed by atoms with van der Waals surface area (Å²) in [5.74, 6) is 1.79. The first-order chi connectivity index (χ1) is 19.1. The summed E-state index contributed by atoms with van der Waals surface area (Å²) in [7, 11) is 0. The van der Waals surface area contributed by atoms with Crippen molar-refractivity contribution < 1.29 is 52.5 Å². The number of nitrogens with one attached hydrogen (secondary N) is 3. The molecule has 2 unspecified atom stereocenters. The maximum Gasteiger partial charge on any atom is 0.407 e. The number of terminal acetylenes is 2. The van der Waals surface area contributed by atoms with Crippen molar-refractivity contribution in [2.45, 2.75) is 52.0 Å². The molecule has 0 spiro atoms. The number of amides is 3. The van der Waals surface area contributed by atoms with E-state index in [1.165, 1.54) is 6.92 Å². The van der Waals surface area contributed by atoms with Crippen molar-refractivity contribution in [1.82, 2.24) is 16.0 Å². The number of esters is 2. The molecule has 0 aliphatic rings. The lowest BCUT2D eigenvalue weighted by molar-refractivity contribution is -0.155. The van der Waals surface area contributed by atoms with E-state index in [2.05, 4.69) is 27.8 Å². The minimum atomic E-state index is -1.09. The summed E-state index contributed by atoms with van der Waals surface area (Å²) in [6, 6.07) is -1.09. The van der Waals surface area contributed by atoms with E-state index in [0.717, 1.165) is 0 Å². The number of ether oxygens (including phenoxy) is 5. The summed E-state index contributed by atoms with van der Waals surface area (Å²) in [6.07, 6.45) is 9.10. The lowest BCUT2D eigenvalue weighted by Crippen LogP contribution is -2.48. The van der Waals surface area contributed by atoms with E-state index < -0.39 is 54.4 Å². The van der Waals surface area contributed by atoms with Crippen LogP contribution in [-0.4, -0.2) is 88.2 Å². The van der Waals surface area contributed by atoms with Crippen LogP contribution in [-0.2, 0) is 38.1 Å². The van der Waals surface area contributed by atoms with Crippen molar-refractivity contribution in [3.05, 3.63) is 0 Å². The van der Waals surface area contributed by atoms with Crippen molar-refractivity contribution in [2.24, 2.45) is 5.92 Å². The summed E-state index contributed by atoms with van der Waals surface area (Å²) >= 11 is 0. The molecule has 0 saturated heterocycles.